The van der Waals surface area contributed by atoms with E-state index >= 15 is 0 Å². The average Bonchev–Trinajstić information content (AvgIpc) is 2.09. The molecule has 0 saturated carbocycles. The van der Waals surface area contributed by atoms with Crippen molar-refractivity contribution in [1.29, 1.82) is 0 Å². The minimum absolute atomic E-state index is 0.0681. The number of rotatable bonds is 3. The summed E-state index contributed by atoms with van der Waals surface area (Å²) in [6.45, 7) is 6.36. The van der Waals surface area contributed by atoms with Crippen molar-refractivity contribution in [3.63, 3.8) is 0 Å². The number of hydrogen-bond acceptors (Lipinski definition) is 2. The number of aromatic nitrogens is 2. The lowest BCUT2D eigenvalue weighted by Crippen LogP contribution is -2.22. The number of hydrogen-bond donors (Lipinski definition) is 0. The highest BCUT2D eigenvalue weighted by molar-refractivity contribution is 14.1. The fourth-order valence-corrected chi connectivity index (χ4v) is 1.24. The van der Waals surface area contributed by atoms with E-state index < -0.39 is 0 Å². The molecule has 0 aromatic carbocycles. The highest BCUT2D eigenvalue weighted by Crippen LogP contribution is 2.00. The van der Waals surface area contributed by atoms with Crippen molar-refractivity contribution in [3.8, 4) is 0 Å². The van der Waals surface area contributed by atoms with Gasteiger partial charge in [0.05, 0.1) is 12.7 Å². The normalized spacial score (nSPS) is 10.0. The van der Waals surface area contributed by atoms with Crippen molar-refractivity contribution < 1.29 is 0 Å². The molecule has 70 valence electrons. The largest absolute Gasteiger partial charge is 0.268 e. The van der Waals surface area contributed by atoms with Gasteiger partial charge in [-0.2, -0.15) is 5.10 Å². The molecule has 0 aliphatic carbocycles. The summed E-state index contributed by atoms with van der Waals surface area (Å²) in [7, 11) is 0. The van der Waals surface area contributed by atoms with Crippen LogP contribution in [-0.4, -0.2) is 9.78 Å². The lowest BCUT2D eigenvalue weighted by molar-refractivity contribution is 0.619. The lowest BCUT2D eigenvalue weighted by atomic mass is 10.2. The number of nitrogens with zero attached hydrogens (tertiary/aromatic N) is 2. The Morgan fingerprint density at radius 3 is 3.00 bits per heavy atom. The number of halogens is 1. The van der Waals surface area contributed by atoms with Gasteiger partial charge < -0.3 is 0 Å². The van der Waals surface area contributed by atoms with Crippen LogP contribution in [0, 0.1) is 3.57 Å². The van der Waals surface area contributed by atoms with Gasteiger partial charge in [0, 0.05) is 9.64 Å². The van der Waals surface area contributed by atoms with E-state index in [9.17, 15) is 4.79 Å². The quantitative estimate of drug-likeness (QED) is 0.628. The zero-order valence-electron chi connectivity index (χ0n) is 7.46. The molecule has 4 heteroatoms. The van der Waals surface area contributed by atoms with E-state index in [0.717, 1.165) is 15.6 Å². The summed E-state index contributed by atoms with van der Waals surface area (Å²) in [5, 5.41) is 4.00. The summed E-state index contributed by atoms with van der Waals surface area (Å²) in [5.74, 6) is 0. The van der Waals surface area contributed by atoms with E-state index in [0.29, 0.717) is 6.54 Å². The maximum Gasteiger partial charge on any atom is 0.268 e. The Kier molecular flexibility index (Phi) is 3.65. The van der Waals surface area contributed by atoms with Crippen LogP contribution in [0.25, 0.3) is 0 Å². The minimum atomic E-state index is -0.0681. The van der Waals surface area contributed by atoms with Crippen LogP contribution in [0.3, 0.4) is 0 Å². The first-order valence-corrected chi connectivity index (χ1v) is 5.10. The minimum Gasteiger partial charge on any atom is -0.268 e. The van der Waals surface area contributed by atoms with Crippen molar-refractivity contribution in [2.45, 2.75) is 19.9 Å². The molecule has 3 nitrogen and oxygen atoms in total. The summed E-state index contributed by atoms with van der Waals surface area (Å²) in [6.07, 6.45) is 2.55. The average molecular weight is 290 g/mol. The first-order valence-electron chi connectivity index (χ1n) is 4.02. The standard InChI is InChI=1S/C9H11IN2O/c1-3-7(2)6-12-9(13)4-8(10)5-11-12/h4-5H,2-3,6H2,1H3. The van der Waals surface area contributed by atoms with Crippen LogP contribution >= 0.6 is 22.6 Å². The third kappa shape index (κ3) is 2.95. The lowest BCUT2D eigenvalue weighted by Gasteiger charge is -2.04. The van der Waals surface area contributed by atoms with Crippen LogP contribution in [0.15, 0.2) is 29.2 Å². The van der Waals surface area contributed by atoms with E-state index in [2.05, 4.69) is 34.3 Å². The highest BCUT2D eigenvalue weighted by atomic mass is 127. The zero-order chi connectivity index (χ0) is 9.84. The molecule has 0 atom stereocenters. The van der Waals surface area contributed by atoms with Gasteiger partial charge in [0.1, 0.15) is 0 Å². The van der Waals surface area contributed by atoms with Crippen LogP contribution in [0.4, 0.5) is 0 Å². The summed E-state index contributed by atoms with van der Waals surface area (Å²) in [6, 6.07) is 1.57. The molecule has 0 N–H and O–H groups in total. The molecule has 1 rings (SSSR count). The summed E-state index contributed by atoms with van der Waals surface area (Å²) in [5.41, 5.74) is 0.942. The van der Waals surface area contributed by atoms with Gasteiger partial charge in [-0.1, -0.05) is 19.1 Å². The third-order valence-corrected chi connectivity index (χ3v) is 2.30. The smallest absolute Gasteiger partial charge is 0.268 e. The van der Waals surface area contributed by atoms with E-state index in [-0.39, 0.29) is 5.56 Å². The second-order valence-corrected chi connectivity index (χ2v) is 4.02. The maximum absolute atomic E-state index is 11.3. The summed E-state index contributed by atoms with van der Waals surface area (Å²) < 4.78 is 2.29. The van der Waals surface area contributed by atoms with Crippen molar-refractivity contribution in [2.75, 3.05) is 0 Å². The van der Waals surface area contributed by atoms with Crippen LogP contribution < -0.4 is 5.56 Å². The predicted molar refractivity (Wildman–Crippen MR) is 60.6 cm³/mol. The molecule has 0 radical (unpaired) electrons. The van der Waals surface area contributed by atoms with Gasteiger partial charge in [0.2, 0.25) is 0 Å². The van der Waals surface area contributed by atoms with Gasteiger partial charge in [-0.25, -0.2) is 4.68 Å². The molecule has 0 aliphatic heterocycles. The fourth-order valence-electron chi connectivity index (χ4n) is 0.854. The molecular formula is C9H11IN2O. The second kappa shape index (κ2) is 4.55. The molecule has 0 aliphatic rings. The first-order chi connectivity index (χ1) is 6.13. The maximum atomic E-state index is 11.3. The molecule has 1 aromatic heterocycles. The van der Waals surface area contributed by atoms with Crippen LogP contribution in [0.5, 0.6) is 0 Å². The first kappa shape index (κ1) is 10.4. The van der Waals surface area contributed by atoms with Gasteiger partial charge in [-0.15, -0.1) is 0 Å². The summed E-state index contributed by atoms with van der Waals surface area (Å²) >= 11 is 2.07. The van der Waals surface area contributed by atoms with Crippen LogP contribution in [0.2, 0.25) is 0 Å². The molecule has 0 unspecified atom stereocenters. The molecule has 0 fully saturated rings. The van der Waals surface area contributed by atoms with Crippen LogP contribution in [-0.2, 0) is 6.54 Å². The van der Waals surface area contributed by atoms with Gasteiger partial charge in [0.25, 0.3) is 5.56 Å². The molecular weight excluding hydrogens is 279 g/mol. The van der Waals surface area contributed by atoms with Gasteiger partial charge in [-0.05, 0) is 29.0 Å². The Bertz CT molecular complexity index is 370. The molecule has 0 amide bonds. The Balaban J connectivity index is 2.90. The second-order valence-electron chi connectivity index (χ2n) is 2.77. The number of allylic oxidation sites excluding steroid dienone is 1. The predicted octanol–water partition coefficient (Wildman–Crippen LogP) is 1.81. The zero-order valence-corrected chi connectivity index (χ0v) is 9.61. The van der Waals surface area contributed by atoms with Crippen molar-refractivity contribution in [1.82, 2.24) is 9.78 Å². The Morgan fingerprint density at radius 1 is 1.77 bits per heavy atom. The van der Waals surface area contributed by atoms with Gasteiger partial charge >= 0.3 is 0 Å². The van der Waals surface area contributed by atoms with E-state index in [1.54, 1.807) is 12.3 Å². The topological polar surface area (TPSA) is 34.9 Å². The third-order valence-electron chi connectivity index (χ3n) is 1.71. The van der Waals surface area contributed by atoms with E-state index in [1.165, 1.54) is 4.68 Å². The molecule has 1 heterocycles. The molecule has 1 aromatic rings. The van der Waals surface area contributed by atoms with Crippen molar-refractivity contribution >= 4 is 22.6 Å². The van der Waals surface area contributed by atoms with Gasteiger partial charge in [0.15, 0.2) is 0 Å². The molecule has 0 bridgehead atoms. The highest BCUT2D eigenvalue weighted by Gasteiger charge is 1.98. The Hall–Kier alpha value is -0.650. The van der Waals surface area contributed by atoms with Crippen LogP contribution in [0.1, 0.15) is 13.3 Å². The Morgan fingerprint density at radius 2 is 2.46 bits per heavy atom. The SMILES string of the molecule is C=C(CC)Cn1ncc(I)cc1=O. The van der Waals surface area contributed by atoms with E-state index in [1.807, 2.05) is 6.92 Å². The summed E-state index contributed by atoms with van der Waals surface area (Å²) in [4.78, 5) is 11.3. The molecule has 0 spiro atoms. The van der Waals surface area contributed by atoms with Crippen molar-refractivity contribution in [3.05, 3.63) is 38.3 Å². The van der Waals surface area contributed by atoms with Crippen molar-refractivity contribution in [2.24, 2.45) is 0 Å². The van der Waals surface area contributed by atoms with Gasteiger partial charge in [-0.3, -0.25) is 4.79 Å². The molecule has 0 saturated heterocycles. The Labute approximate surface area is 90.6 Å². The van der Waals surface area contributed by atoms with E-state index in [4.69, 9.17) is 0 Å². The monoisotopic (exact) mass is 290 g/mol. The fraction of sp³-hybridized carbons (Fsp3) is 0.333. The molecule has 13 heavy (non-hydrogen) atoms.